The van der Waals surface area contributed by atoms with E-state index in [-0.39, 0.29) is 25.2 Å². The van der Waals surface area contributed by atoms with E-state index in [9.17, 15) is 9.59 Å². The Kier molecular flexibility index (Phi) is 52.4. The van der Waals surface area contributed by atoms with Crippen LogP contribution in [0, 0.1) is 0 Å². The van der Waals surface area contributed by atoms with Crippen molar-refractivity contribution in [3.63, 3.8) is 0 Å². The van der Waals surface area contributed by atoms with Gasteiger partial charge in [-0.25, -0.2) is 0 Å². The van der Waals surface area contributed by atoms with Gasteiger partial charge in [0.2, 0.25) is 0 Å². The Labute approximate surface area is 397 Å². The molecule has 5 nitrogen and oxygen atoms in total. The van der Waals surface area contributed by atoms with Gasteiger partial charge in [-0.2, -0.15) is 0 Å². The summed E-state index contributed by atoms with van der Waals surface area (Å²) in [5, 5.41) is 0. The summed E-state index contributed by atoms with van der Waals surface area (Å²) in [6, 6.07) is 0. The Morgan fingerprint density at radius 1 is 0.359 bits per heavy atom. The number of esters is 2. The minimum Gasteiger partial charge on any atom is -0.462 e. The number of unbranched alkanes of at least 4 members (excludes halogenated alkanes) is 27. The Morgan fingerprint density at radius 3 is 1.16 bits per heavy atom. The lowest BCUT2D eigenvalue weighted by Gasteiger charge is -2.18. The van der Waals surface area contributed by atoms with Crippen molar-refractivity contribution >= 4 is 11.9 Å². The molecule has 5 heteroatoms. The van der Waals surface area contributed by atoms with Crippen LogP contribution in [-0.2, 0) is 23.8 Å². The van der Waals surface area contributed by atoms with Gasteiger partial charge in [0.15, 0.2) is 6.10 Å². The van der Waals surface area contributed by atoms with Crippen LogP contribution in [0.2, 0.25) is 0 Å². The zero-order valence-electron chi connectivity index (χ0n) is 42.5. The fourth-order valence-electron chi connectivity index (χ4n) is 7.65. The molecule has 0 aliphatic carbocycles. The van der Waals surface area contributed by atoms with Crippen molar-refractivity contribution in [3.8, 4) is 0 Å². The maximum absolute atomic E-state index is 12.8. The Balaban J connectivity index is 4.33. The van der Waals surface area contributed by atoms with Gasteiger partial charge in [-0.05, 0) is 89.9 Å². The zero-order valence-corrected chi connectivity index (χ0v) is 42.5. The number of ether oxygens (including phenoxy) is 3. The molecule has 0 aliphatic heterocycles. The minimum atomic E-state index is -0.556. The molecule has 0 saturated heterocycles. The molecule has 0 heterocycles. The van der Waals surface area contributed by atoms with E-state index in [2.05, 4.69) is 93.7 Å². The van der Waals surface area contributed by atoms with Crippen molar-refractivity contribution < 1.29 is 23.8 Å². The van der Waals surface area contributed by atoms with Crippen LogP contribution in [0.4, 0.5) is 0 Å². The third-order valence-corrected chi connectivity index (χ3v) is 11.7. The highest BCUT2D eigenvalue weighted by atomic mass is 16.6. The van der Waals surface area contributed by atoms with Crippen LogP contribution in [0.25, 0.3) is 0 Å². The van der Waals surface area contributed by atoms with Crippen molar-refractivity contribution in [1.82, 2.24) is 0 Å². The van der Waals surface area contributed by atoms with Gasteiger partial charge < -0.3 is 14.2 Å². The van der Waals surface area contributed by atoms with Gasteiger partial charge in [-0.15, -0.1) is 0 Å². The van der Waals surface area contributed by atoms with Crippen molar-refractivity contribution in [2.45, 2.75) is 271 Å². The molecule has 0 amide bonds. The largest absolute Gasteiger partial charge is 0.462 e. The van der Waals surface area contributed by atoms with E-state index in [0.717, 1.165) is 103 Å². The molecule has 370 valence electrons. The average Bonchev–Trinajstić information content (AvgIpc) is 3.30. The molecule has 0 aliphatic rings. The molecule has 0 aromatic rings. The maximum Gasteiger partial charge on any atom is 0.306 e. The molecule has 0 unspecified atom stereocenters. The van der Waals surface area contributed by atoms with Crippen LogP contribution in [0.15, 0.2) is 72.9 Å². The van der Waals surface area contributed by atoms with Crippen molar-refractivity contribution in [1.29, 1.82) is 0 Å². The molecule has 0 aromatic carbocycles. The number of hydrogen-bond donors (Lipinski definition) is 0. The summed E-state index contributed by atoms with van der Waals surface area (Å²) >= 11 is 0. The highest BCUT2D eigenvalue weighted by Gasteiger charge is 2.17. The van der Waals surface area contributed by atoms with Crippen LogP contribution in [0.3, 0.4) is 0 Å². The monoisotopic (exact) mass is 893 g/mol. The summed E-state index contributed by atoms with van der Waals surface area (Å²) in [4.78, 5) is 25.5. The zero-order chi connectivity index (χ0) is 46.3. The first-order valence-corrected chi connectivity index (χ1v) is 27.5. The lowest BCUT2D eigenvalue weighted by Crippen LogP contribution is -2.30. The van der Waals surface area contributed by atoms with Gasteiger partial charge in [0, 0.05) is 19.4 Å². The molecule has 0 saturated carbocycles. The third-order valence-electron chi connectivity index (χ3n) is 11.7. The highest BCUT2D eigenvalue weighted by molar-refractivity contribution is 5.70. The predicted octanol–water partition coefficient (Wildman–Crippen LogP) is 18.7. The SMILES string of the molecule is CC/C=C\C/C=C\C/C=C\CCCCCCCC(=O)OC[C@@H](COCCCCCCCCCCCCCCCCCC)OC(=O)CCCCCC/C=C\C/C=C\C/C=C\CCCCC. The lowest BCUT2D eigenvalue weighted by molar-refractivity contribution is -0.163. The normalized spacial score (nSPS) is 12.7. The quantitative estimate of drug-likeness (QED) is 0.0346. The van der Waals surface area contributed by atoms with Gasteiger partial charge in [-0.3, -0.25) is 9.59 Å². The average molecular weight is 893 g/mol. The van der Waals surface area contributed by atoms with E-state index < -0.39 is 6.10 Å². The number of hydrogen-bond acceptors (Lipinski definition) is 5. The molecule has 0 rings (SSSR count). The molecular weight excluding hydrogens is 789 g/mol. The van der Waals surface area contributed by atoms with Gasteiger partial charge >= 0.3 is 11.9 Å². The predicted molar refractivity (Wildman–Crippen MR) is 279 cm³/mol. The Morgan fingerprint density at radius 2 is 0.703 bits per heavy atom. The summed E-state index contributed by atoms with van der Waals surface area (Å²) in [5.41, 5.74) is 0. The maximum atomic E-state index is 12.8. The first-order valence-electron chi connectivity index (χ1n) is 27.5. The molecule has 0 aromatic heterocycles. The molecule has 64 heavy (non-hydrogen) atoms. The van der Waals surface area contributed by atoms with Crippen LogP contribution in [-0.4, -0.2) is 37.9 Å². The number of carbonyl (C=O) groups is 2. The molecule has 0 spiro atoms. The Bertz CT molecular complexity index is 1150. The van der Waals surface area contributed by atoms with E-state index in [1.54, 1.807) is 0 Å². The Hall–Kier alpha value is -2.66. The highest BCUT2D eigenvalue weighted by Crippen LogP contribution is 2.15. The first-order chi connectivity index (χ1) is 31.6. The number of allylic oxidation sites excluding steroid dienone is 12. The molecule has 0 fully saturated rings. The second-order valence-corrected chi connectivity index (χ2v) is 18.1. The van der Waals surface area contributed by atoms with Gasteiger partial charge in [0.25, 0.3) is 0 Å². The summed E-state index contributed by atoms with van der Waals surface area (Å²) in [6.45, 7) is 7.68. The number of rotatable bonds is 50. The van der Waals surface area contributed by atoms with Crippen LogP contribution in [0.5, 0.6) is 0 Å². The van der Waals surface area contributed by atoms with Crippen LogP contribution >= 0.6 is 0 Å². The van der Waals surface area contributed by atoms with Gasteiger partial charge in [0.1, 0.15) is 6.61 Å². The van der Waals surface area contributed by atoms with Crippen LogP contribution in [0.1, 0.15) is 265 Å². The molecule has 0 bridgehead atoms. The van der Waals surface area contributed by atoms with E-state index in [0.29, 0.717) is 19.4 Å². The van der Waals surface area contributed by atoms with E-state index in [1.807, 2.05) is 0 Å². The fourth-order valence-corrected chi connectivity index (χ4v) is 7.65. The first kappa shape index (κ1) is 61.3. The standard InChI is InChI=1S/C59H104O5/c1-4-7-10-13-16-19-22-25-28-30-32-35-38-41-44-47-50-53-59(61)64-57(55-62-54-51-48-45-42-39-36-33-29-26-23-20-17-14-11-8-5-2)56-63-58(60)52-49-46-43-40-37-34-31-27-24-21-18-15-12-9-6-3/h9,12,16,18-19,21,25,27-28,31-32,35,57H,4-8,10-11,13-15,17,20,22-24,26,29-30,33-34,36-56H2,1-3H3/b12-9-,19-16-,21-18-,28-25-,31-27-,35-32-/t57-/m1/s1. The van der Waals surface area contributed by atoms with E-state index in [1.165, 1.54) is 128 Å². The minimum absolute atomic E-state index is 0.0672. The second kappa shape index (κ2) is 54.7. The summed E-state index contributed by atoms with van der Waals surface area (Å²) < 4.78 is 17.4. The summed E-state index contributed by atoms with van der Waals surface area (Å²) in [5.74, 6) is -0.434. The van der Waals surface area contributed by atoms with Crippen molar-refractivity contribution in [3.05, 3.63) is 72.9 Å². The summed E-state index contributed by atoms with van der Waals surface area (Å²) in [6.07, 6.45) is 70.5. The van der Waals surface area contributed by atoms with Crippen molar-refractivity contribution in [2.75, 3.05) is 19.8 Å². The molecule has 0 N–H and O–H groups in total. The van der Waals surface area contributed by atoms with Gasteiger partial charge in [-0.1, -0.05) is 235 Å². The van der Waals surface area contributed by atoms with E-state index in [4.69, 9.17) is 14.2 Å². The van der Waals surface area contributed by atoms with Crippen LogP contribution < -0.4 is 0 Å². The third kappa shape index (κ3) is 52.0. The fraction of sp³-hybridized carbons (Fsp3) is 0.763. The van der Waals surface area contributed by atoms with E-state index >= 15 is 0 Å². The smallest absolute Gasteiger partial charge is 0.306 e. The lowest BCUT2D eigenvalue weighted by atomic mass is 10.0. The topological polar surface area (TPSA) is 61.8 Å². The summed E-state index contributed by atoms with van der Waals surface area (Å²) in [7, 11) is 0. The molecular formula is C59H104O5. The molecule has 0 radical (unpaired) electrons. The van der Waals surface area contributed by atoms with Gasteiger partial charge in [0.05, 0.1) is 6.61 Å². The van der Waals surface area contributed by atoms with Crippen molar-refractivity contribution in [2.24, 2.45) is 0 Å². The second-order valence-electron chi connectivity index (χ2n) is 18.1. The molecule has 1 atom stereocenters. The number of carbonyl (C=O) groups excluding carboxylic acids is 2.